The highest BCUT2D eigenvalue weighted by atomic mass is 16.5. The van der Waals surface area contributed by atoms with E-state index in [1.807, 2.05) is 77.7 Å². The van der Waals surface area contributed by atoms with Gasteiger partial charge in [0.1, 0.15) is 5.75 Å². The Hall–Kier alpha value is -4.45. The fraction of sp³-hybridized carbons (Fsp3) is 0.167. The van der Waals surface area contributed by atoms with E-state index in [0.29, 0.717) is 26.2 Å². The van der Waals surface area contributed by atoms with Gasteiger partial charge in [-0.2, -0.15) is 0 Å². The number of nitrogens with zero attached hydrogens (tertiary/aromatic N) is 4. The summed E-state index contributed by atoms with van der Waals surface area (Å²) in [4.78, 5) is 16.9. The first kappa shape index (κ1) is 22.0. The molecule has 0 aliphatic carbocycles. The molecule has 0 saturated carbocycles. The van der Waals surface area contributed by atoms with Crippen molar-refractivity contribution in [2.24, 2.45) is 0 Å². The minimum atomic E-state index is -0.0000259. The molecule has 1 amide bonds. The van der Waals surface area contributed by atoms with Gasteiger partial charge in [0.15, 0.2) is 12.4 Å². The SMILES string of the molecule is O=C(COc1cccc2ccccc12)N1CCN(c2ccc(-c3cccc4ccccc34)nn2)CC1. The van der Waals surface area contributed by atoms with Crippen molar-refractivity contribution in [3.8, 4) is 17.0 Å². The zero-order chi connectivity index (χ0) is 24.3. The van der Waals surface area contributed by atoms with Crippen LogP contribution in [0.2, 0.25) is 0 Å². The average molecular weight is 475 g/mol. The summed E-state index contributed by atoms with van der Waals surface area (Å²) in [5.74, 6) is 1.57. The maximum absolute atomic E-state index is 12.8. The molecule has 5 aromatic rings. The molecule has 0 spiro atoms. The van der Waals surface area contributed by atoms with Crippen LogP contribution in [0.3, 0.4) is 0 Å². The number of carbonyl (C=O) groups is 1. The monoisotopic (exact) mass is 474 g/mol. The Morgan fingerprint density at radius 3 is 2.11 bits per heavy atom. The summed E-state index contributed by atoms with van der Waals surface area (Å²) in [5, 5.41) is 13.5. The lowest BCUT2D eigenvalue weighted by atomic mass is 10.0. The Labute approximate surface area is 209 Å². The Bertz CT molecular complexity index is 1520. The van der Waals surface area contributed by atoms with Crippen molar-refractivity contribution in [1.82, 2.24) is 15.1 Å². The second-order valence-corrected chi connectivity index (χ2v) is 8.94. The fourth-order valence-electron chi connectivity index (χ4n) is 4.82. The average Bonchev–Trinajstić information content (AvgIpc) is 2.96. The third-order valence-electron chi connectivity index (χ3n) is 6.77. The molecule has 4 aromatic carbocycles. The second kappa shape index (κ2) is 9.66. The quantitative estimate of drug-likeness (QED) is 0.351. The van der Waals surface area contributed by atoms with Crippen LogP contribution in [0, 0.1) is 0 Å². The van der Waals surface area contributed by atoms with Crippen LogP contribution in [0.1, 0.15) is 0 Å². The molecule has 2 heterocycles. The molecule has 0 N–H and O–H groups in total. The molecule has 0 radical (unpaired) electrons. The Balaban J connectivity index is 1.07. The summed E-state index contributed by atoms with van der Waals surface area (Å²) < 4.78 is 5.90. The topological polar surface area (TPSA) is 58.6 Å². The van der Waals surface area contributed by atoms with E-state index in [9.17, 15) is 4.79 Å². The van der Waals surface area contributed by atoms with E-state index in [2.05, 4.69) is 39.4 Å². The molecule has 0 unspecified atom stereocenters. The lowest BCUT2D eigenvalue weighted by Gasteiger charge is -2.35. The zero-order valence-electron chi connectivity index (χ0n) is 19.9. The second-order valence-electron chi connectivity index (χ2n) is 8.94. The van der Waals surface area contributed by atoms with Crippen molar-refractivity contribution in [2.45, 2.75) is 0 Å². The lowest BCUT2D eigenvalue weighted by Crippen LogP contribution is -2.50. The van der Waals surface area contributed by atoms with Crippen LogP contribution in [0.5, 0.6) is 5.75 Å². The van der Waals surface area contributed by atoms with Crippen LogP contribution in [0.15, 0.2) is 97.1 Å². The van der Waals surface area contributed by atoms with E-state index < -0.39 is 0 Å². The van der Waals surface area contributed by atoms with Crippen LogP contribution in [0.25, 0.3) is 32.8 Å². The van der Waals surface area contributed by atoms with E-state index in [1.54, 1.807) is 0 Å². The molecule has 178 valence electrons. The Morgan fingerprint density at radius 2 is 1.36 bits per heavy atom. The number of benzene rings is 4. The van der Waals surface area contributed by atoms with Gasteiger partial charge in [-0.25, -0.2) is 0 Å². The number of aromatic nitrogens is 2. The minimum absolute atomic E-state index is 0.0000259. The summed E-state index contributed by atoms with van der Waals surface area (Å²) in [6, 6.07) is 32.5. The smallest absolute Gasteiger partial charge is 0.260 e. The van der Waals surface area contributed by atoms with Crippen molar-refractivity contribution in [3.63, 3.8) is 0 Å². The number of anilines is 1. The van der Waals surface area contributed by atoms with Crippen LogP contribution >= 0.6 is 0 Å². The highest BCUT2D eigenvalue weighted by molar-refractivity contribution is 5.95. The number of carbonyl (C=O) groups excluding carboxylic acids is 1. The molecule has 1 aliphatic rings. The van der Waals surface area contributed by atoms with Crippen molar-refractivity contribution >= 4 is 33.3 Å². The molecule has 6 rings (SSSR count). The summed E-state index contributed by atoms with van der Waals surface area (Å²) >= 11 is 0. The third kappa shape index (κ3) is 4.33. The van der Waals surface area contributed by atoms with Gasteiger partial charge in [-0.15, -0.1) is 10.2 Å². The number of rotatable bonds is 5. The highest BCUT2D eigenvalue weighted by Crippen LogP contribution is 2.28. The lowest BCUT2D eigenvalue weighted by molar-refractivity contribution is -0.133. The van der Waals surface area contributed by atoms with E-state index >= 15 is 0 Å². The summed E-state index contributed by atoms with van der Waals surface area (Å²) in [6.07, 6.45) is 0. The molecule has 1 aromatic heterocycles. The summed E-state index contributed by atoms with van der Waals surface area (Å²) in [5.41, 5.74) is 1.93. The van der Waals surface area contributed by atoms with Gasteiger partial charge in [-0.1, -0.05) is 78.9 Å². The minimum Gasteiger partial charge on any atom is -0.483 e. The molecule has 1 saturated heterocycles. The van der Waals surface area contributed by atoms with Gasteiger partial charge in [0.05, 0.1) is 5.69 Å². The van der Waals surface area contributed by atoms with E-state index in [0.717, 1.165) is 33.6 Å². The van der Waals surface area contributed by atoms with Gasteiger partial charge in [0.2, 0.25) is 0 Å². The van der Waals surface area contributed by atoms with Gasteiger partial charge in [0, 0.05) is 37.1 Å². The molecular formula is C30H26N4O2. The number of hydrogen-bond acceptors (Lipinski definition) is 5. The predicted octanol–water partition coefficient (Wildman–Crippen LogP) is 5.18. The van der Waals surface area contributed by atoms with Gasteiger partial charge >= 0.3 is 0 Å². The van der Waals surface area contributed by atoms with Gasteiger partial charge in [0.25, 0.3) is 5.91 Å². The molecule has 6 nitrogen and oxygen atoms in total. The van der Waals surface area contributed by atoms with Crippen LogP contribution in [0.4, 0.5) is 5.82 Å². The molecular weight excluding hydrogens is 448 g/mol. The van der Waals surface area contributed by atoms with E-state index in [1.165, 1.54) is 10.8 Å². The summed E-state index contributed by atoms with van der Waals surface area (Å²) in [7, 11) is 0. The number of fused-ring (bicyclic) bond motifs is 2. The summed E-state index contributed by atoms with van der Waals surface area (Å²) in [6.45, 7) is 2.72. The van der Waals surface area contributed by atoms with Crippen molar-refractivity contribution in [1.29, 1.82) is 0 Å². The zero-order valence-corrected chi connectivity index (χ0v) is 19.9. The van der Waals surface area contributed by atoms with E-state index in [-0.39, 0.29) is 12.5 Å². The normalized spacial score (nSPS) is 13.8. The first-order valence-corrected chi connectivity index (χ1v) is 12.2. The standard InChI is InChI=1S/C30H26N4O2/c35-30(21-36-28-14-6-10-23-8-2-4-12-25(23)28)34-19-17-33(18-20-34)29-16-15-27(31-32-29)26-13-5-9-22-7-1-3-11-24(22)26/h1-16H,17-21H2. The van der Waals surface area contributed by atoms with Crippen molar-refractivity contribution < 1.29 is 9.53 Å². The van der Waals surface area contributed by atoms with Crippen LogP contribution in [-0.2, 0) is 4.79 Å². The molecule has 36 heavy (non-hydrogen) atoms. The van der Waals surface area contributed by atoms with Crippen LogP contribution in [-0.4, -0.2) is 53.8 Å². The van der Waals surface area contributed by atoms with Crippen molar-refractivity contribution in [3.05, 3.63) is 97.1 Å². The van der Waals surface area contributed by atoms with Crippen LogP contribution < -0.4 is 9.64 Å². The number of piperazine rings is 1. The number of hydrogen-bond donors (Lipinski definition) is 0. The maximum Gasteiger partial charge on any atom is 0.260 e. The predicted molar refractivity (Wildman–Crippen MR) is 143 cm³/mol. The first-order valence-electron chi connectivity index (χ1n) is 12.2. The molecule has 1 fully saturated rings. The van der Waals surface area contributed by atoms with Gasteiger partial charge < -0.3 is 14.5 Å². The largest absolute Gasteiger partial charge is 0.483 e. The third-order valence-corrected chi connectivity index (χ3v) is 6.77. The van der Waals surface area contributed by atoms with E-state index in [4.69, 9.17) is 4.74 Å². The molecule has 1 aliphatic heterocycles. The molecule has 6 heteroatoms. The molecule has 0 atom stereocenters. The fourth-order valence-corrected chi connectivity index (χ4v) is 4.82. The number of amides is 1. The Kier molecular flexibility index (Phi) is 5.91. The number of ether oxygens (including phenoxy) is 1. The van der Waals surface area contributed by atoms with Crippen molar-refractivity contribution in [2.75, 3.05) is 37.7 Å². The van der Waals surface area contributed by atoms with Gasteiger partial charge in [-0.3, -0.25) is 4.79 Å². The maximum atomic E-state index is 12.8. The molecule has 0 bridgehead atoms. The first-order chi connectivity index (χ1) is 17.8. The Morgan fingerprint density at radius 1 is 0.694 bits per heavy atom. The van der Waals surface area contributed by atoms with Gasteiger partial charge in [-0.05, 0) is 34.4 Å². The highest BCUT2D eigenvalue weighted by Gasteiger charge is 2.23.